The van der Waals surface area contributed by atoms with Crippen molar-refractivity contribution in [3.8, 4) is 0 Å². The van der Waals surface area contributed by atoms with Crippen LogP contribution in [-0.2, 0) is 6.54 Å². The number of pyridine rings is 1. The largest absolute Gasteiger partial charge is 0.397 e. The molecule has 0 amide bonds. The fourth-order valence-corrected chi connectivity index (χ4v) is 2.08. The summed E-state index contributed by atoms with van der Waals surface area (Å²) in [6.45, 7) is 2.95. The summed E-state index contributed by atoms with van der Waals surface area (Å²) in [6.07, 6.45) is 3.87. The molecule has 6 nitrogen and oxygen atoms in total. The minimum absolute atomic E-state index is 0.641. The summed E-state index contributed by atoms with van der Waals surface area (Å²) in [4.78, 5) is 4.20. The summed E-state index contributed by atoms with van der Waals surface area (Å²) in [5, 5.41) is 13.1. The van der Waals surface area contributed by atoms with Gasteiger partial charge in [0, 0.05) is 12.7 Å². The molecule has 90 valence electrons. The van der Waals surface area contributed by atoms with Crippen LogP contribution in [0, 0.1) is 0 Å². The highest BCUT2D eigenvalue weighted by Gasteiger charge is 2.10. The van der Waals surface area contributed by atoms with E-state index in [4.69, 9.17) is 5.73 Å². The molecule has 17 heavy (non-hydrogen) atoms. The minimum atomic E-state index is 0.641. The van der Waals surface area contributed by atoms with Crippen molar-refractivity contribution < 1.29 is 0 Å². The van der Waals surface area contributed by atoms with Gasteiger partial charge in [-0.2, -0.15) is 0 Å². The van der Waals surface area contributed by atoms with Gasteiger partial charge >= 0.3 is 0 Å². The molecule has 0 atom stereocenters. The van der Waals surface area contributed by atoms with Gasteiger partial charge in [-0.3, -0.25) is 0 Å². The molecule has 0 saturated heterocycles. The SMILES string of the molecule is CCCCn1nnnc1Sc1ncccc1N. The van der Waals surface area contributed by atoms with Gasteiger partial charge in [0.2, 0.25) is 5.16 Å². The fraction of sp³-hybridized carbons (Fsp3) is 0.400. The third kappa shape index (κ3) is 2.94. The van der Waals surface area contributed by atoms with E-state index in [2.05, 4.69) is 27.4 Å². The Morgan fingerprint density at radius 1 is 1.47 bits per heavy atom. The molecule has 0 unspecified atom stereocenters. The van der Waals surface area contributed by atoms with E-state index >= 15 is 0 Å². The Morgan fingerprint density at radius 2 is 2.35 bits per heavy atom. The lowest BCUT2D eigenvalue weighted by Gasteiger charge is -2.04. The Bertz CT molecular complexity index is 483. The number of hydrogen-bond acceptors (Lipinski definition) is 6. The Morgan fingerprint density at radius 3 is 3.12 bits per heavy atom. The van der Waals surface area contributed by atoms with Crippen molar-refractivity contribution in [1.29, 1.82) is 0 Å². The van der Waals surface area contributed by atoms with Crippen molar-refractivity contribution in [3.63, 3.8) is 0 Å². The molecule has 2 heterocycles. The molecule has 7 heteroatoms. The van der Waals surface area contributed by atoms with Crippen molar-refractivity contribution in [2.45, 2.75) is 36.5 Å². The van der Waals surface area contributed by atoms with Gasteiger partial charge in [-0.25, -0.2) is 9.67 Å². The normalized spacial score (nSPS) is 10.6. The molecule has 0 fully saturated rings. The Hall–Kier alpha value is -1.63. The van der Waals surface area contributed by atoms with Crippen molar-refractivity contribution >= 4 is 17.4 Å². The molecule has 2 aromatic heterocycles. The number of anilines is 1. The average molecular weight is 250 g/mol. The van der Waals surface area contributed by atoms with Crippen LogP contribution in [0.25, 0.3) is 0 Å². The third-order valence-electron chi connectivity index (χ3n) is 2.21. The first kappa shape index (κ1) is 11.8. The topological polar surface area (TPSA) is 82.5 Å². The van der Waals surface area contributed by atoms with E-state index in [9.17, 15) is 0 Å². The van der Waals surface area contributed by atoms with Gasteiger partial charge in [-0.05, 0) is 40.7 Å². The second-order valence-corrected chi connectivity index (χ2v) is 4.49. The van der Waals surface area contributed by atoms with Gasteiger partial charge in [0.15, 0.2) is 0 Å². The molecular formula is C10H14N6S. The molecule has 0 aromatic carbocycles. The predicted molar refractivity (Wildman–Crippen MR) is 65.5 cm³/mol. The predicted octanol–water partition coefficient (Wildman–Crippen LogP) is 1.60. The first-order valence-electron chi connectivity index (χ1n) is 5.45. The number of tetrazole rings is 1. The van der Waals surface area contributed by atoms with Gasteiger partial charge in [-0.15, -0.1) is 5.10 Å². The number of hydrogen-bond donors (Lipinski definition) is 1. The van der Waals surface area contributed by atoms with Crippen molar-refractivity contribution in [1.82, 2.24) is 25.2 Å². The van der Waals surface area contributed by atoms with E-state index in [1.54, 1.807) is 16.9 Å². The van der Waals surface area contributed by atoms with Gasteiger partial charge < -0.3 is 5.73 Å². The fourth-order valence-electron chi connectivity index (χ4n) is 1.29. The van der Waals surface area contributed by atoms with Crippen LogP contribution in [0.3, 0.4) is 0 Å². The third-order valence-corrected chi connectivity index (χ3v) is 3.22. The Balaban J connectivity index is 2.13. The second-order valence-electron chi connectivity index (χ2n) is 3.54. The maximum absolute atomic E-state index is 5.83. The molecule has 2 rings (SSSR count). The first-order valence-corrected chi connectivity index (χ1v) is 6.27. The van der Waals surface area contributed by atoms with Gasteiger partial charge in [0.05, 0.1) is 5.69 Å². The van der Waals surface area contributed by atoms with Crippen LogP contribution in [-0.4, -0.2) is 25.2 Å². The Kier molecular flexibility index (Phi) is 3.92. The molecule has 0 spiro atoms. The van der Waals surface area contributed by atoms with Crippen LogP contribution < -0.4 is 5.73 Å². The lowest BCUT2D eigenvalue weighted by Crippen LogP contribution is -2.02. The van der Waals surface area contributed by atoms with Crippen LogP contribution in [0.4, 0.5) is 5.69 Å². The zero-order valence-corrected chi connectivity index (χ0v) is 10.4. The molecule has 0 aliphatic carbocycles. The molecule has 0 aliphatic heterocycles. The standard InChI is InChI=1S/C10H14N6S/c1-2-3-7-16-10(13-14-15-16)17-9-8(11)5-4-6-12-9/h4-6H,2-3,7,11H2,1H3. The smallest absolute Gasteiger partial charge is 0.215 e. The summed E-state index contributed by atoms with van der Waals surface area (Å²) in [5.74, 6) is 0. The lowest BCUT2D eigenvalue weighted by atomic mass is 10.3. The van der Waals surface area contributed by atoms with Crippen LogP contribution in [0.2, 0.25) is 0 Å². The minimum Gasteiger partial charge on any atom is -0.397 e. The molecular weight excluding hydrogens is 236 g/mol. The van der Waals surface area contributed by atoms with E-state index < -0.39 is 0 Å². The van der Waals surface area contributed by atoms with E-state index in [0.717, 1.165) is 29.6 Å². The number of nitrogens with two attached hydrogens (primary N) is 1. The summed E-state index contributed by atoms with van der Waals surface area (Å²) >= 11 is 1.39. The van der Waals surface area contributed by atoms with E-state index in [-0.39, 0.29) is 0 Å². The van der Waals surface area contributed by atoms with Crippen LogP contribution >= 0.6 is 11.8 Å². The highest BCUT2D eigenvalue weighted by Crippen LogP contribution is 2.27. The number of nitrogens with zero attached hydrogens (tertiary/aromatic N) is 5. The lowest BCUT2D eigenvalue weighted by molar-refractivity contribution is 0.518. The highest BCUT2D eigenvalue weighted by molar-refractivity contribution is 7.99. The number of aryl methyl sites for hydroxylation is 1. The molecule has 2 aromatic rings. The number of aromatic nitrogens is 5. The van der Waals surface area contributed by atoms with Gasteiger partial charge in [0.1, 0.15) is 5.03 Å². The van der Waals surface area contributed by atoms with Crippen LogP contribution in [0.5, 0.6) is 0 Å². The molecule has 0 bridgehead atoms. The van der Waals surface area contributed by atoms with Crippen LogP contribution in [0.1, 0.15) is 19.8 Å². The van der Waals surface area contributed by atoms with Crippen LogP contribution in [0.15, 0.2) is 28.5 Å². The number of rotatable bonds is 5. The number of unbranched alkanes of at least 4 members (excludes halogenated alkanes) is 1. The zero-order chi connectivity index (χ0) is 12.1. The van der Waals surface area contributed by atoms with Crippen molar-refractivity contribution in [2.75, 3.05) is 5.73 Å². The van der Waals surface area contributed by atoms with E-state index in [0.29, 0.717) is 5.69 Å². The van der Waals surface area contributed by atoms with E-state index in [1.165, 1.54) is 11.8 Å². The summed E-state index contributed by atoms with van der Waals surface area (Å²) < 4.78 is 1.78. The molecule has 0 saturated carbocycles. The quantitative estimate of drug-likeness (QED) is 0.868. The van der Waals surface area contributed by atoms with Gasteiger partial charge in [-0.1, -0.05) is 13.3 Å². The zero-order valence-electron chi connectivity index (χ0n) is 9.58. The second kappa shape index (κ2) is 5.62. The Labute approximate surface area is 104 Å². The molecule has 0 radical (unpaired) electrons. The monoisotopic (exact) mass is 250 g/mol. The maximum Gasteiger partial charge on any atom is 0.215 e. The summed E-state index contributed by atoms with van der Waals surface area (Å²) in [7, 11) is 0. The van der Waals surface area contributed by atoms with E-state index in [1.807, 2.05) is 6.07 Å². The van der Waals surface area contributed by atoms with Crippen molar-refractivity contribution in [3.05, 3.63) is 18.3 Å². The van der Waals surface area contributed by atoms with Gasteiger partial charge in [0.25, 0.3) is 0 Å². The molecule has 0 aliphatic rings. The molecule has 2 N–H and O–H groups in total. The summed E-state index contributed by atoms with van der Waals surface area (Å²) in [5.41, 5.74) is 6.47. The number of nitrogen functional groups attached to an aromatic ring is 1. The van der Waals surface area contributed by atoms with Crippen molar-refractivity contribution in [2.24, 2.45) is 0 Å². The maximum atomic E-state index is 5.83. The average Bonchev–Trinajstić information content (AvgIpc) is 2.77. The highest BCUT2D eigenvalue weighted by atomic mass is 32.2. The summed E-state index contributed by atoms with van der Waals surface area (Å²) in [6, 6.07) is 3.62. The first-order chi connectivity index (χ1) is 8.31.